The van der Waals surface area contributed by atoms with Gasteiger partial charge in [-0.25, -0.2) is 4.79 Å². The number of rotatable bonds is 4. The van der Waals surface area contributed by atoms with Crippen molar-refractivity contribution in [2.75, 3.05) is 13.7 Å². The zero-order valence-electron chi connectivity index (χ0n) is 8.60. The van der Waals surface area contributed by atoms with Crippen LogP contribution in [0.15, 0.2) is 0 Å². The summed E-state index contributed by atoms with van der Waals surface area (Å²) in [4.78, 5) is 22.2. The predicted octanol–water partition coefficient (Wildman–Crippen LogP) is -1.63. The standard InChI is InChI=1S/C9H16N2O4/c1-15-9(14)7(12)6(10)4-5-2-3-11-8(5)13/h5-7,12H,2-4,10H2,1H3,(H,11,13)/t5-,6?,7?/m0/s1. The van der Waals surface area contributed by atoms with Gasteiger partial charge in [0.15, 0.2) is 6.10 Å². The summed E-state index contributed by atoms with van der Waals surface area (Å²) in [7, 11) is 1.18. The molecule has 6 heteroatoms. The average Bonchev–Trinajstić information content (AvgIpc) is 2.62. The van der Waals surface area contributed by atoms with E-state index in [0.717, 1.165) is 0 Å². The fourth-order valence-electron chi connectivity index (χ4n) is 1.62. The molecular formula is C9H16N2O4. The first kappa shape index (κ1) is 11.9. The molecule has 0 aromatic rings. The third-order valence-electron chi connectivity index (χ3n) is 2.57. The number of aliphatic hydroxyl groups is 1. The molecule has 1 aliphatic heterocycles. The van der Waals surface area contributed by atoms with E-state index in [1.54, 1.807) is 0 Å². The lowest BCUT2D eigenvalue weighted by molar-refractivity contribution is -0.151. The number of hydrogen-bond acceptors (Lipinski definition) is 5. The highest BCUT2D eigenvalue weighted by atomic mass is 16.5. The number of aliphatic hydroxyl groups excluding tert-OH is 1. The van der Waals surface area contributed by atoms with E-state index in [4.69, 9.17) is 5.73 Å². The summed E-state index contributed by atoms with van der Waals surface area (Å²) >= 11 is 0. The highest BCUT2D eigenvalue weighted by Crippen LogP contribution is 2.16. The summed E-state index contributed by atoms with van der Waals surface area (Å²) in [6.07, 6.45) is -0.369. The Bertz CT molecular complexity index is 256. The maximum absolute atomic E-state index is 11.2. The second kappa shape index (κ2) is 5.09. The van der Waals surface area contributed by atoms with Crippen molar-refractivity contribution in [1.29, 1.82) is 0 Å². The molecule has 0 spiro atoms. The van der Waals surface area contributed by atoms with Gasteiger partial charge in [-0.15, -0.1) is 0 Å². The molecule has 0 aliphatic carbocycles. The summed E-state index contributed by atoms with van der Waals surface area (Å²) in [6, 6.07) is -0.758. The fraction of sp³-hybridized carbons (Fsp3) is 0.778. The first-order valence-corrected chi connectivity index (χ1v) is 4.85. The summed E-state index contributed by atoms with van der Waals surface area (Å²) in [5.74, 6) is -1.04. The Kier molecular flexibility index (Phi) is 4.05. The van der Waals surface area contributed by atoms with Crippen molar-refractivity contribution in [3.63, 3.8) is 0 Å². The summed E-state index contributed by atoms with van der Waals surface area (Å²) in [5.41, 5.74) is 5.60. The quantitative estimate of drug-likeness (QED) is 0.490. The average molecular weight is 216 g/mol. The largest absolute Gasteiger partial charge is 0.467 e. The molecule has 3 atom stereocenters. The second-order valence-corrected chi connectivity index (χ2v) is 3.64. The minimum Gasteiger partial charge on any atom is -0.467 e. The zero-order chi connectivity index (χ0) is 11.4. The lowest BCUT2D eigenvalue weighted by Gasteiger charge is -2.18. The van der Waals surface area contributed by atoms with E-state index in [-0.39, 0.29) is 11.8 Å². The number of ether oxygens (including phenoxy) is 1. The topological polar surface area (TPSA) is 102 Å². The molecule has 1 fully saturated rings. The molecule has 4 N–H and O–H groups in total. The zero-order valence-corrected chi connectivity index (χ0v) is 8.60. The van der Waals surface area contributed by atoms with Crippen LogP contribution in [0.2, 0.25) is 0 Å². The normalized spacial score (nSPS) is 24.5. The molecule has 86 valence electrons. The number of methoxy groups -OCH3 is 1. The number of esters is 1. The summed E-state index contributed by atoms with van der Waals surface area (Å²) in [6.45, 7) is 0.630. The van der Waals surface area contributed by atoms with Gasteiger partial charge in [0.2, 0.25) is 5.91 Å². The SMILES string of the molecule is COC(=O)C(O)C(N)C[C@@H]1CCNC1=O. The molecule has 1 amide bonds. The number of nitrogens with one attached hydrogen (secondary N) is 1. The third-order valence-corrected chi connectivity index (χ3v) is 2.57. The van der Waals surface area contributed by atoms with Gasteiger partial charge in [-0.2, -0.15) is 0 Å². The van der Waals surface area contributed by atoms with Crippen LogP contribution in [0, 0.1) is 5.92 Å². The van der Waals surface area contributed by atoms with Crippen LogP contribution in [0.3, 0.4) is 0 Å². The van der Waals surface area contributed by atoms with Crippen LogP contribution in [-0.4, -0.2) is 42.8 Å². The van der Waals surface area contributed by atoms with Crippen molar-refractivity contribution in [2.24, 2.45) is 11.7 Å². The van der Waals surface area contributed by atoms with E-state index in [1.165, 1.54) is 7.11 Å². The summed E-state index contributed by atoms with van der Waals surface area (Å²) in [5, 5.41) is 12.1. The lowest BCUT2D eigenvalue weighted by Crippen LogP contribution is -2.43. The molecule has 1 heterocycles. The van der Waals surface area contributed by atoms with E-state index < -0.39 is 18.1 Å². The minimum atomic E-state index is -1.36. The molecular weight excluding hydrogens is 200 g/mol. The van der Waals surface area contributed by atoms with Gasteiger partial charge >= 0.3 is 5.97 Å². The van der Waals surface area contributed by atoms with Gasteiger partial charge in [-0.1, -0.05) is 0 Å². The summed E-state index contributed by atoms with van der Waals surface area (Å²) < 4.78 is 4.35. The first-order valence-electron chi connectivity index (χ1n) is 4.85. The smallest absolute Gasteiger partial charge is 0.336 e. The van der Waals surface area contributed by atoms with Crippen molar-refractivity contribution >= 4 is 11.9 Å². The molecule has 0 radical (unpaired) electrons. The molecule has 1 rings (SSSR count). The predicted molar refractivity (Wildman–Crippen MR) is 51.7 cm³/mol. The van der Waals surface area contributed by atoms with E-state index in [0.29, 0.717) is 19.4 Å². The molecule has 0 saturated carbocycles. The van der Waals surface area contributed by atoms with Crippen LogP contribution in [0.25, 0.3) is 0 Å². The number of carbonyl (C=O) groups excluding carboxylic acids is 2. The van der Waals surface area contributed by atoms with Gasteiger partial charge in [0.25, 0.3) is 0 Å². The number of nitrogens with two attached hydrogens (primary N) is 1. The fourth-order valence-corrected chi connectivity index (χ4v) is 1.62. The van der Waals surface area contributed by atoms with Crippen LogP contribution in [0.5, 0.6) is 0 Å². The molecule has 0 bridgehead atoms. The molecule has 1 aliphatic rings. The highest BCUT2D eigenvalue weighted by Gasteiger charge is 2.31. The van der Waals surface area contributed by atoms with E-state index >= 15 is 0 Å². The second-order valence-electron chi connectivity index (χ2n) is 3.64. The van der Waals surface area contributed by atoms with Crippen molar-refractivity contribution < 1.29 is 19.4 Å². The van der Waals surface area contributed by atoms with E-state index in [1.807, 2.05) is 0 Å². The van der Waals surface area contributed by atoms with Gasteiger partial charge < -0.3 is 20.9 Å². The third kappa shape index (κ3) is 2.90. The molecule has 0 aromatic carbocycles. The minimum absolute atomic E-state index is 0.0671. The van der Waals surface area contributed by atoms with Gasteiger partial charge in [-0.3, -0.25) is 4.79 Å². The molecule has 1 saturated heterocycles. The van der Waals surface area contributed by atoms with Crippen LogP contribution in [-0.2, 0) is 14.3 Å². The first-order chi connectivity index (χ1) is 7.06. The van der Waals surface area contributed by atoms with Gasteiger partial charge in [0, 0.05) is 18.5 Å². The number of amides is 1. The van der Waals surface area contributed by atoms with E-state index in [2.05, 4.69) is 10.1 Å². The van der Waals surface area contributed by atoms with Crippen molar-refractivity contribution in [3.8, 4) is 0 Å². The Hall–Kier alpha value is -1.14. The maximum Gasteiger partial charge on any atom is 0.336 e. The Balaban J connectivity index is 2.43. The number of hydrogen-bond donors (Lipinski definition) is 3. The Morgan fingerprint density at radius 2 is 2.47 bits per heavy atom. The van der Waals surface area contributed by atoms with Crippen LogP contribution >= 0.6 is 0 Å². The lowest BCUT2D eigenvalue weighted by atomic mass is 9.96. The molecule has 6 nitrogen and oxygen atoms in total. The van der Waals surface area contributed by atoms with Crippen molar-refractivity contribution in [3.05, 3.63) is 0 Å². The van der Waals surface area contributed by atoms with Gasteiger partial charge in [0.1, 0.15) is 0 Å². The molecule has 0 aromatic heterocycles. The van der Waals surface area contributed by atoms with Crippen LogP contribution in [0.4, 0.5) is 0 Å². The van der Waals surface area contributed by atoms with Crippen LogP contribution in [0.1, 0.15) is 12.8 Å². The van der Waals surface area contributed by atoms with Crippen LogP contribution < -0.4 is 11.1 Å². The maximum atomic E-state index is 11.2. The molecule has 15 heavy (non-hydrogen) atoms. The Morgan fingerprint density at radius 1 is 1.80 bits per heavy atom. The van der Waals surface area contributed by atoms with Crippen molar-refractivity contribution in [1.82, 2.24) is 5.32 Å². The molecule has 2 unspecified atom stereocenters. The monoisotopic (exact) mass is 216 g/mol. The number of carbonyl (C=O) groups is 2. The van der Waals surface area contributed by atoms with Crippen molar-refractivity contribution in [2.45, 2.75) is 25.0 Å². The van der Waals surface area contributed by atoms with E-state index in [9.17, 15) is 14.7 Å². The Labute approximate surface area is 87.8 Å². The highest BCUT2D eigenvalue weighted by molar-refractivity contribution is 5.81. The van der Waals surface area contributed by atoms with Gasteiger partial charge in [0.05, 0.1) is 7.11 Å². The van der Waals surface area contributed by atoms with Gasteiger partial charge in [-0.05, 0) is 12.8 Å². The Morgan fingerprint density at radius 3 is 2.93 bits per heavy atom.